The molecule has 0 heterocycles. The summed E-state index contributed by atoms with van der Waals surface area (Å²) in [6, 6.07) is 21.1. The number of rotatable bonds is 5. The number of ether oxygens (including phenoxy) is 1. The molecule has 1 amide bonds. The number of benzene rings is 2. The molecule has 1 atom stereocenters. The summed E-state index contributed by atoms with van der Waals surface area (Å²) in [5.74, 6) is 0. The van der Waals surface area contributed by atoms with Crippen LogP contribution in [0.1, 0.15) is 34.1 Å². The molecule has 2 aromatic carbocycles. The molecule has 2 aromatic rings. The first kappa shape index (κ1) is 19.3. The minimum absolute atomic E-state index is 0.0483. The first-order chi connectivity index (χ1) is 11.8. The molecular weight excluding hydrogens is 326 g/mol. The molecular formula is C21H29NO2Si. The average molecular weight is 356 g/mol. The second-order valence-electron chi connectivity index (χ2n) is 7.54. The van der Waals surface area contributed by atoms with E-state index in [1.807, 2.05) is 32.9 Å². The average Bonchev–Trinajstić information content (AvgIpc) is 2.59. The van der Waals surface area contributed by atoms with Crippen LogP contribution in [0.4, 0.5) is 4.79 Å². The van der Waals surface area contributed by atoms with Gasteiger partial charge in [0.25, 0.3) is 0 Å². The quantitative estimate of drug-likeness (QED) is 0.830. The van der Waals surface area contributed by atoms with Crippen molar-refractivity contribution in [3.63, 3.8) is 0 Å². The normalized spacial score (nSPS) is 13.2. The van der Waals surface area contributed by atoms with Gasteiger partial charge in [0.15, 0.2) is 0 Å². The van der Waals surface area contributed by atoms with Crippen molar-refractivity contribution in [2.45, 2.75) is 51.9 Å². The fraction of sp³-hybridized carbons (Fsp3) is 0.381. The molecule has 4 heteroatoms. The van der Waals surface area contributed by atoms with Gasteiger partial charge in [-0.2, -0.15) is 0 Å². The lowest BCUT2D eigenvalue weighted by Crippen LogP contribution is -2.69. The van der Waals surface area contributed by atoms with Gasteiger partial charge in [0.2, 0.25) is 0 Å². The zero-order valence-electron chi connectivity index (χ0n) is 15.9. The number of carbonyl (C=O) groups is 1. The summed E-state index contributed by atoms with van der Waals surface area (Å²) in [6.07, 6.45) is 0.510. The van der Waals surface area contributed by atoms with Crippen molar-refractivity contribution in [3.8, 4) is 0 Å². The summed E-state index contributed by atoms with van der Waals surface area (Å²) in [5, 5.41) is 5.78. The molecule has 0 aliphatic carbocycles. The third-order valence-corrected chi connectivity index (χ3v) is 9.55. The molecule has 0 aliphatic rings. The zero-order chi connectivity index (χ0) is 18.5. The molecule has 0 saturated carbocycles. The Bertz CT molecular complexity index is 641. The van der Waals surface area contributed by atoms with E-state index in [4.69, 9.17) is 4.74 Å². The SMILES string of the molecule is CCC(NC(=O)OC(C)(C)C)[Si](C)(c1ccccc1)c1ccccc1. The van der Waals surface area contributed by atoms with Crippen LogP contribution in [-0.2, 0) is 4.74 Å². The smallest absolute Gasteiger partial charge is 0.407 e. The van der Waals surface area contributed by atoms with E-state index >= 15 is 0 Å². The van der Waals surface area contributed by atoms with Crippen molar-refractivity contribution in [1.29, 1.82) is 0 Å². The van der Waals surface area contributed by atoms with Crippen LogP contribution in [0.3, 0.4) is 0 Å². The van der Waals surface area contributed by atoms with Crippen LogP contribution in [0.2, 0.25) is 6.55 Å². The molecule has 0 spiro atoms. The van der Waals surface area contributed by atoms with Gasteiger partial charge < -0.3 is 10.1 Å². The number of alkyl carbamates (subject to hydrolysis) is 1. The molecule has 25 heavy (non-hydrogen) atoms. The fourth-order valence-electron chi connectivity index (χ4n) is 3.24. The van der Waals surface area contributed by atoms with E-state index in [1.54, 1.807) is 0 Å². The summed E-state index contributed by atoms with van der Waals surface area (Å²) in [7, 11) is -2.18. The molecule has 0 aromatic heterocycles. The van der Waals surface area contributed by atoms with Crippen LogP contribution >= 0.6 is 0 Å². The summed E-state index contributed by atoms with van der Waals surface area (Å²) in [5.41, 5.74) is -0.452. The molecule has 134 valence electrons. The van der Waals surface area contributed by atoms with Crippen molar-refractivity contribution < 1.29 is 9.53 Å². The molecule has 3 nitrogen and oxygen atoms in total. The van der Waals surface area contributed by atoms with E-state index in [2.05, 4.69) is 67.3 Å². The highest BCUT2D eigenvalue weighted by atomic mass is 28.3. The highest BCUT2D eigenvalue weighted by Crippen LogP contribution is 2.15. The van der Waals surface area contributed by atoms with Crippen LogP contribution in [-0.4, -0.2) is 25.4 Å². The van der Waals surface area contributed by atoms with E-state index in [0.717, 1.165) is 6.42 Å². The molecule has 1 unspecified atom stereocenters. The maximum atomic E-state index is 12.4. The highest BCUT2D eigenvalue weighted by molar-refractivity contribution is 7.02. The Labute approximate surface area is 152 Å². The predicted molar refractivity (Wildman–Crippen MR) is 107 cm³/mol. The van der Waals surface area contributed by atoms with Crippen LogP contribution in [0.15, 0.2) is 60.7 Å². The Morgan fingerprint density at radius 1 is 1.00 bits per heavy atom. The van der Waals surface area contributed by atoms with Gasteiger partial charge in [0.05, 0.1) is 0 Å². The third kappa shape index (κ3) is 4.72. The second-order valence-corrected chi connectivity index (χ2v) is 11.8. The molecule has 0 saturated heterocycles. The number of carbonyl (C=O) groups excluding carboxylic acids is 1. The third-order valence-electron chi connectivity index (χ3n) is 4.54. The second kappa shape index (κ2) is 7.87. The molecule has 0 radical (unpaired) electrons. The Morgan fingerprint density at radius 3 is 1.80 bits per heavy atom. The molecule has 2 rings (SSSR count). The Kier molecular flexibility index (Phi) is 6.06. The van der Waals surface area contributed by atoms with E-state index in [0.29, 0.717) is 0 Å². The van der Waals surface area contributed by atoms with Gasteiger partial charge in [-0.15, -0.1) is 0 Å². The van der Waals surface area contributed by atoms with Crippen molar-refractivity contribution >= 4 is 24.5 Å². The molecule has 1 N–H and O–H groups in total. The van der Waals surface area contributed by atoms with E-state index in [9.17, 15) is 4.79 Å². The summed E-state index contributed by atoms with van der Waals surface area (Å²) in [4.78, 5) is 12.4. The lowest BCUT2D eigenvalue weighted by Gasteiger charge is -2.37. The Balaban J connectivity index is 2.42. The van der Waals surface area contributed by atoms with E-state index < -0.39 is 13.7 Å². The molecule has 0 fully saturated rings. The van der Waals surface area contributed by atoms with Gasteiger partial charge in [0.1, 0.15) is 13.7 Å². The first-order valence-corrected chi connectivity index (χ1v) is 11.5. The Morgan fingerprint density at radius 2 is 1.44 bits per heavy atom. The molecule has 0 bridgehead atoms. The van der Waals surface area contributed by atoms with Crippen molar-refractivity contribution in [3.05, 3.63) is 60.7 Å². The van der Waals surface area contributed by atoms with Crippen molar-refractivity contribution in [2.75, 3.05) is 0 Å². The van der Waals surface area contributed by atoms with Crippen LogP contribution in [0.25, 0.3) is 0 Å². The van der Waals surface area contributed by atoms with E-state index in [1.165, 1.54) is 10.4 Å². The van der Waals surface area contributed by atoms with Gasteiger partial charge in [-0.25, -0.2) is 4.79 Å². The monoisotopic (exact) mass is 355 g/mol. The van der Waals surface area contributed by atoms with Gasteiger partial charge in [-0.05, 0) is 27.2 Å². The lowest BCUT2D eigenvalue weighted by molar-refractivity contribution is 0.0518. The van der Waals surface area contributed by atoms with Crippen LogP contribution in [0.5, 0.6) is 0 Å². The predicted octanol–water partition coefficient (Wildman–Crippen LogP) is 3.72. The van der Waals surface area contributed by atoms with Gasteiger partial charge in [-0.3, -0.25) is 0 Å². The van der Waals surface area contributed by atoms with Crippen molar-refractivity contribution in [2.24, 2.45) is 0 Å². The minimum Gasteiger partial charge on any atom is -0.444 e. The first-order valence-electron chi connectivity index (χ1n) is 8.88. The van der Waals surface area contributed by atoms with Gasteiger partial charge in [0, 0.05) is 5.67 Å². The number of hydrogen-bond acceptors (Lipinski definition) is 2. The highest BCUT2D eigenvalue weighted by Gasteiger charge is 2.40. The number of hydrogen-bond donors (Lipinski definition) is 1. The summed E-state index contributed by atoms with van der Waals surface area (Å²) >= 11 is 0. The number of amides is 1. The van der Waals surface area contributed by atoms with Crippen LogP contribution in [0, 0.1) is 0 Å². The lowest BCUT2D eigenvalue weighted by atomic mass is 10.2. The number of nitrogens with one attached hydrogen (secondary N) is 1. The maximum Gasteiger partial charge on any atom is 0.407 e. The van der Waals surface area contributed by atoms with E-state index in [-0.39, 0.29) is 11.8 Å². The van der Waals surface area contributed by atoms with Crippen LogP contribution < -0.4 is 15.7 Å². The maximum absolute atomic E-state index is 12.4. The summed E-state index contributed by atoms with van der Waals surface area (Å²) in [6.45, 7) is 10.1. The minimum atomic E-state index is -2.18. The topological polar surface area (TPSA) is 38.3 Å². The van der Waals surface area contributed by atoms with Gasteiger partial charge in [-0.1, -0.05) is 84.5 Å². The fourth-order valence-corrected chi connectivity index (χ4v) is 7.37. The van der Waals surface area contributed by atoms with Gasteiger partial charge >= 0.3 is 6.09 Å². The summed E-state index contributed by atoms with van der Waals surface area (Å²) < 4.78 is 5.51. The zero-order valence-corrected chi connectivity index (χ0v) is 16.9. The Hall–Kier alpha value is -2.07. The van der Waals surface area contributed by atoms with Crippen molar-refractivity contribution in [1.82, 2.24) is 5.32 Å². The largest absolute Gasteiger partial charge is 0.444 e. The molecule has 0 aliphatic heterocycles. The standard InChI is InChI=1S/C21H29NO2Si/c1-6-19(22-20(23)24-21(2,3)4)25(5,17-13-9-7-10-14-17)18-15-11-8-12-16-18/h7-16,19H,6H2,1-5H3,(H,22,23).